The molecule has 0 fully saturated rings. The lowest BCUT2D eigenvalue weighted by atomic mass is 9.84. The Morgan fingerprint density at radius 3 is 1.75 bits per heavy atom. The van der Waals surface area contributed by atoms with Crippen LogP contribution in [0.2, 0.25) is 0 Å². The minimum atomic E-state index is 0.223. The van der Waals surface area contributed by atoms with Crippen LogP contribution in [0.3, 0.4) is 0 Å². The van der Waals surface area contributed by atoms with Crippen molar-refractivity contribution in [3.63, 3.8) is 0 Å². The number of benzene rings is 2. The third-order valence-corrected chi connectivity index (χ3v) is 5.18. The molecule has 2 rings (SSSR count). The molecular weight excluding hydrogens is 296 g/mol. The molecule has 2 heteroatoms. The predicted octanol–water partition coefficient (Wildman–Crippen LogP) is 6.25. The summed E-state index contributed by atoms with van der Waals surface area (Å²) in [4.78, 5) is 0. The van der Waals surface area contributed by atoms with E-state index in [-0.39, 0.29) is 11.8 Å². The fourth-order valence-corrected chi connectivity index (χ4v) is 3.52. The van der Waals surface area contributed by atoms with E-state index in [1.807, 2.05) is 13.0 Å². The molecule has 0 aliphatic heterocycles. The number of hydrogen-bond donors (Lipinski definition) is 2. The van der Waals surface area contributed by atoms with E-state index in [2.05, 4.69) is 54.5 Å². The standard InChI is InChI=1S/C22H30O2/c1-11(2)17-9-13(5)16(8)20(21(17)23)18-10-14(6)15(7)19(12(3)4)22(18)24/h9-12,23-24H,1-8H3. The lowest BCUT2D eigenvalue weighted by Gasteiger charge is -2.22. The first-order valence-electron chi connectivity index (χ1n) is 8.74. The van der Waals surface area contributed by atoms with Crippen LogP contribution >= 0.6 is 0 Å². The van der Waals surface area contributed by atoms with Crippen molar-refractivity contribution in [1.29, 1.82) is 0 Å². The quantitative estimate of drug-likeness (QED) is 0.700. The van der Waals surface area contributed by atoms with Gasteiger partial charge < -0.3 is 10.2 Å². The summed E-state index contributed by atoms with van der Waals surface area (Å²) in [5.41, 5.74) is 7.82. The molecule has 0 atom stereocenters. The fourth-order valence-electron chi connectivity index (χ4n) is 3.52. The van der Waals surface area contributed by atoms with Crippen LogP contribution < -0.4 is 0 Å². The first-order valence-corrected chi connectivity index (χ1v) is 8.74. The maximum atomic E-state index is 11.0. The summed E-state index contributed by atoms with van der Waals surface area (Å²) in [6.45, 7) is 16.5. The summed E-state index contributed by atoms with van der Waals surface area (Å²) in [6, 6.07) is 4.06. The number of phenolic OH excluding ortho intramolecular Hbond substituents is 2. The molecule has 2 aromatic carbocycles. The molecule has 0 spiro atoms. The molecule has 0 saturated heterocycles. The minimum absolute atomic E-state index is 0.223. The lowest BCUT2D eigenvalue weighted by molar-refractivity contribution is 0.457. The first-order chi connectivity index (χ1) is 11.1. The van der Waals surface area contributed by atoms with Crippen LogP contribution in [0.4, 0.5) is 0 Å². The molecule has 0 radical (unpaired) electrons. The van der Waals surface area contributed by atoms with E-state index >= 15 is 0 Å². The molecule has 2 nitrogen and oxygen atoms in total. The smallest absolute Gasteiger partial charge is 0.127 e. The highest BCUT2D eigenvalue weighted by Crippen LogP contribution is 2.46. The van der Waals surface area contributed by atoms with Gasteiger partial charge in [-0.25, -0.2) is 0 Å². The summed E-state index contributed by atoms with van der Waals surface area (Å²) in [5, 5.41) is 21.9. The van der Waals surface area contributed by atoms with Crippen LogP contribution in [0.1, 0.15) is 72.9 Å². The van der Waals surface area contributed by atoms with Gasteiger partial charge in [-0.15, -0.1) is 0 Å². The number of aryl methyl sites for hydroxylation is 2. The van der Waals surface area contributed by atoms with Crippen LogP contribution in [-0.4, -0.2) is 10.2 Å². The summed E-state index contributed by atoms with van der Waals surface area (Å²) in [7, 11) is 0. The molecule has 0 aliphatic rings. The van der Waals surface area contributed by atoms with Gasteiger partial charge >= 0.3 is 0 Å². The Bertz CT molecular complexity index is 784. The monoisotopic (exact) mass is 326 g/mol. The maximum Gasteiger partial charge on any atom is 0.127 e. The maximum absolute atomic E-state index is 11.0. The van der Waals surface area contributed by atoms with Crippen LogP contribution in [0, 0.1) is 27.7 Å². The third kappa shape index (κ3) is 2.90. The topological polar surface area (TPSA) is 40.5 Å². The predicted molar refractivity (Wildman–Crippen MR) is 102 cm³/mol. The molecule has 0 unspecified atom stereocenters. The highest BCUT2D eigenvalue weighted by atomic mass is 16.3. The van der Waals surface area contributed by atoms with Gasteiger partial charge in [0.25, 0.3) is 0 Å². The van der Waals surface area contributed by atoms with Crippen LogP contribution in [0.15, 0.2) is 12.1 Å². The van der Waals surface area contributed by atoms with E-state index in [1.54, 1.807) is 0 Å². The first kappa shape index (κ1) is 18.4. The van der Waals surface area contributed by atoms with Crippen molar-refractivity contribution in [2.45, 2.75) is 67.2 Å². The molecule has 0 aliphatic carbocycles. The molecule has 24 heavy (non-hydrogen) atoms. The van der Waals surface area contributed by atoms with Crippen molar-refractivity contribution in [2.24, 2.45) is 0 Å². The van der Waals surface area contributed by atoms with E-state index in [4.69, 9.17) is 0 Å². The van der Waals surface area contributed by atoms with Crippen molar-refractivity contribution < 1.29 is 10.2 Å². The van der Waals surface area contributed by atoms with Gasteiger partial charge in [0.05, 0.1) is 0 Å². The fraction of sp³-hybridized carbons (Fsp3) is 0.455. The average Bonchev–Trinajstić information content (AvgIpc) is 2.47. The molecule has 130 valence electrons. The van der Waals surface area contributed by atoms with Crippen LogP contribution in [0.25, 0.3) is 11.1 Å². The molecule has 2 N–H and O–H groups in total. The molecule has 0 heterocycles. The molecule has 0 amide bonds. The van der Waals surface area contributed by atoms with Gasteiger partial charge in [-0.1, -0.05) is 33.8 Å². The normalized spacial score (nSPS) is 11.6. The summed E-state index contributed by atoms with van der Waals surface area (Å²) in [5.74, 6) is 1.04. The number of hydrogen-bond acceptors (Lipinski definition) is 2. The highest BCUT2D eigenvalue weighted by Gasteiger charge is 2.23. The van der Waals surface area contributed by atoms with Crippen molar-refractivity contribution in [3.05, 3.63) is 45.5 Å². The summed E-state index contributed by atoms with van der Waals surface area (Å²) >= 11 is 0. The SMILES string of the molecule is Cc1cc(C(C)C)c(O)c(-c2cc(C)c(C)c(C(C)C)c2O)c1C. The third-order valence-electron chi connectivity index (χ3n) is 5.18. The zero-order valence-corrected chi connectivity index (χ0v) is 16.2. The van der Waals surface area contributed by atoms with Gasteiger partial charge in [0.15, 0.2) is 0 Å². The largest absolute Gasteiger partial charge is 0.507 e. The molecule has 0 aromatic heterocycles. The zero-order valence-electron chi connectivity index (χ0n) is 16.2. The Labute approximate surface area is 146 Å². The Morgan fingerprint density at radius 1 is 0.708 bits per heavy atom. The second-order valence-corrected chi connectivity index (χ2v) is 7.57. The average molecular weight is 326 g/mol. The summed E-state index contributed by atoms with van der Waals surface area (Å²) in [6.07, 6.45) is 0. The Balaban J connectivity index is 2.92. The van der Waals surface area contributed by atoms with Crippen LogP contribution in [0.5, 0.6) is 11.5 Å². The van der Waals surface area contributed by atoms with Crippen molar-refractivity contribution in [1.82, 2.24) is 0 Å². The second kappa shape index (κ2) is 6.51. The van der Waals surface area contributed by atoms with Crippen LogP contribution in [-0.2, 0) is 0 Å². The molecule has 0 saturated carbocycles. The van der Waals surface area contributed by atoms with Gasteiger partial charge in [-0.3, -0.25) is 0 Å². The van der Waals surface area contributed by atoms with E-state index in [1.165, 1.54) is 0 Å². The van der Waals surface area contributed by atoms with Crippen molar-refractivity contribution in [2.75, 3.05) is 0 Å². The van der Waals surface area contributed by atoms with Gasteiger partial charge in [-0.2, -0.15) is 0 Å². The molecular formula is C22H30O2. The number of phenols is 2. The summed E-state index contributed by atoms with van der Waals surface area (Å²) < 4.78 is 0. The zero-order chi connectivity index (χ0) is 18.3. The van der Waals surface area contributed by atoms with Gasteiger partial charge in [0.2, 0.25) is 0 Å². The highest BCUT2D eigenvalue weighted by molar-refractivity contribution is 5.83. The molecule has 2 aromatic rings. The number of rotatable bonds is 3. The number of aromatic hydroxyl groups is 2. The van der Waals surface area contributed by atoms with Gasteiger partial charge in [0, 0.05) is 16.7 Å². The molecule has 0 bridgehead atoms. The van der Waals surface area contributed by atoms with Gasteiger partial charge in [0.1, 0.15) is 11.5 Å². The van der Waals surface area contributed by atoms with E-state index in [9.17, 15) is 10.2 Å². The Kier molecular flexibility index (Phi) is 4.98. The van der Waals surface area contributed by atoms with E-state index in [0.717, 1.165) is 44.5 Å². The Hall–Kier alpha value is -1.96. The van der Waals surface area contributed by atoms with Crippen molar-refractivity contribution in [3.8, 4) is 22.6 Å². The van der Waals surface area contributed by atoms with Crippen molar-refractivity contribution >= 4 is 0 Å². The second-order valence-electron chi connectivity index (χ2n) is 7.57. The minimum Gasteiger partial charge on any atom is -0.507 e. The Morgan fingerprint density at radius 2 is 1.25 bits per heavy atom. The van der Waals surface area contributed by atoms with E-state index < -0.39 is 0 Å². The van der Waals surface area contributed by atoms with E-state index in [0.29, 0.717) is 11.5 Å². The lowest BCUT2D eigenvalue weighted by Crippen LogP contribution is -2.01. The van der Waals surface area contributed by atoms with Gasteiger partial charge in [-0.05, 0) is 73.4 Å².